The molecule has 2 rings (SSSR count). The predicted molar refractivity (Wildman–Crippen MR) is 91.6 cm³/mol. The van der Waals surface area contributed by atoms with E-state index in [0.29, 0.717) is 28.6 Å². The van der Waals surface area contributed by atoms with Gasteiger partial charge in [-0.3, -0.25) is 4.79 Å². The van der Waals surface area contributed by atoms with Crippen LogP contribution in [-0.4, -0.2) is 11.6 Å². The maximum absolute atomic E-state index is 11.8. The van der Waals surface area contributed by atoms with E-state index < -0.39 is 0 Å². The molecule has 0 fully saturated rings. The first-order valence-electron chi connectivity index (χ1n) is 6.89. The molecule has 3 nitrogen and oxygen atoms in total. The van der Waals surface area contributed by atoms with Crippen LogP contribution in [0.4, 0.5) is 0 Å². The van der Waals surface area contributed by atoms with Crippen molar-refractivity contribution in [2.45, 2.75) is 19.8 Å². The van der Waals surface area contributed by atoms with Gasteiger partial charge in [0, 0.05) is 17.0 Å². The standard InChI is InChI=1S/C17H16Cl2N2O/c1-12(15-9-8-14(18)11-16(15)19)20-21-17(22)10-7-13-5-3-2-4-6-13/h2-6,8-9,11H,7,10H2,1H3,(H,21,22)/b20-12+. The Morgan fingerprint density at radius 1 is 1.14 bits per heavy atom. The van der Waals surface area contributed by atoms with Crippen LogP contribution in [0.1, 0.15) is 24.5 Å². The molecule has 0 unspecified atom stereocenters. The Balaban J connectivity index is 1.91. The van der Waals surface area contributed by atoms with Crippen molar-refractivity contribution in [3.63, 3.8) is 0 Å². The SMILES string of the molecule is C/C(=N\NC(=O)CCc1ccccc1)c1ccc(Cl)cc1Cl. The van der Waals surface area contributed by atoms with Crippen LogP contribution in [0.2, 0.25) is 10.0 Å². The lowest BCUT2D eigenvalue weighted by Crippen LogP contribution is -2.19. The van der Waals surface area contributed by atoms with E-state index in [-0.39, 0.29) is 5.91 Å². The average molecular weight is 335 g/mol. The Labute approximate surface area is 139 Å². The molecule has 0 spiro atoms. The molecule has 0 bridgehead atoms. The molecule has 0 radical (unpaired) electrons. The number of amides is 1. The smallest absolute Gasteiger partial charge is 0.240 e. The van der Waals surface area contributed by atoms with E-state index in [2.05, 4.69) is 10.5 Å². The molecule has 0 aliphatic carbocycles. The second-order valence-corrected chi connectivity index (χ2v) is 5.69. The third-order valence-electron chi connectivity index (χ3n) is 3.15. The van der Waals surface area contributed by atoms with Crippen LogP contribution in [-0.2, 0) is 11.2 Å². The van der Waals surface area contributed by atoms with Crippen molar-refractivity contribution in [2.75, 3.05) is 0 Å². The summed E-state index contributed by atoms with van der Waals surface area (Å²) in [6.45, 7) is 1.78. The van der Waals surface area contributed by atoms with Crippen LogP contribution in [0, 0.1) is 0 Å². The largest absolute Gasteiger partial charge is 0.273 e. The van der Waals surface area contributed by atoms with Crippen molar-refractivity contribution in [3.8, 4) is 0 Å². The second-order valence-electron chi connectivity index (χ2n) is 4.84. The van der Waals surface area contributed by atoms with Gasteiger partial charge in [0.2, 0.25) is 5.91 Å². The topological polar surface area (TPSA) is 41.5 Å². The summed E-state index contributed by atoms with van der Waals surface area (Å²) in [5.74, 6) is -0.131. The lowest BCUT2D eigenvalue weighted by Gasteiger charge is -2.05. The number of hydrogen-bond acceptors (Lipinski definition) is 2. The van der Waals surface area contributed by atoms with Gasteiger partial charge in [-0.1, -0.05) is 59.6 Å². The number of rotatable bonds is 5. The third kappa shape index (κ3) is 4.86. The molecular weight excluding hydrogens is 319 g/mol. The van der Waals surface area contributed by atoms with Crippen LogP contribution in [0.25, 0.3) is 0 Å². The van der Waals surface area contributed by atoms with Gasteiger partial charge in [0.1, 0.15) is 0 Å². The van der Waals surface area contributed by atoms with E-state index in [4.69, 9.17) is 23.2 Å². The number of benzene rings is 2. The fourth-order valence-electron chi connectivity index (χ4n) is 1.95. The third-order valence-corrected chi connectivity index (χ3v) is 3.70. The fourth-order valence-corrected chi connectivity index (χ4v) is 2.49. The van der Waals surface area contributed by atoms with Crippen LogP contribution in [0.5, 0.6) is 0 Å². The first kappa shape index (κ1) is 16.5. The quantitative estimate of drug-likeness (QED) is 0.636. The number of hydrogen-bond donors (Lipinski definition) is 1. The van der Waals surface area contributed by atoms with Crippen molar-refractivity contribution in [3.05, 3.63) is 69.7 Å². The van der Waals surface area contributed by atoms with E-state index in [1.807, 2.05) is 30.3 Å². The maximum atomic E-state index is 11.8. The fraction of sp³-hybridized carbons (Fsp3) is 0.176. The van der Waals surface area contributed by atoms with Crippen molar-refractivity contribution in [2.24, 2.45) is 5.10 Å². The van der Waals surface area contributed by atoms with Gasteiger partial charge < -0.3 is 0 Å². The molecule has 0 aromatic heterocycles. The minimum atomic E-state index is -0.131. The summed E-state index contributed by atoms with van der Waals surface area (Å²) < 4.78 is 0. The molecule has 0 saturated carbocycles. The molecule has 22 heavy (non-hydrogen) atoms. The molecule has 1 N–H and O–H groups in total. The highest BCUT2D eigenvalue weighted by molar-refractivity contribution is 6.37. The molecule has 0 aliphatic heterocycles. The normalized spacial score (nSPS) is 11.3. The highest BCUT2D eigenvalue weighted by atomic mass is 35.5. The summed E-state index contributed by atoms with van der Waals surface area (Å²) in [5, 5.41) is 5.16. The molecule has 2 aromatic carbocycles. The zero-order valence-electron chi connectivity index (χ0n) is 12.1. The van der Waals surface area contributed by atoms with E-state index in [9.17, 15) is 4.79 Å². The molecule has 114 valence electrons. The zero-order valence-corrected chi connectivity index (χ0v) is 13.7. The van der Waals surface area contributed by atoms with Gasteiger partial charge in [-0.15, -0.1) is 0 Å². The van der Waals surface area contributed by atoms with Crippen LogP contribution in [0.15, 0.2) is 53.6 Å². The first-order valence-corrected chi connectivity index (χ1v) is 7.64. The lowest BCUT2D eigenvalue weighted by molar-refractivity contribution is -0.121. The average Bonchev–Trinajstić information content (AvgIpc) is 2.51. The highest BCUT2D eigenvalue weighted by Crippen LogP contribution is 2.21. The van der Waals surface area contributed by atoms with Gasteiger partial charge in [-0.05, 0) is 31.0 Å². The number of nitrogens with zero attached hydrogens (tertiary/aromatic N) is 1. The van der Waals surface area contributed by atoms with Crippen LogP contribution in [0.3, 0.4) is 0 Å². The summed E-state index contributed by atoms with van der Waals surface area (Å²) in [6.07, 6.45) is 1.07. The van der Waals surface area contributed by atoms with Crippen molar-refractivity contribution >= 4 is 34.8 Å². The molecule has 1 amide bonds. The van der Waals surface area contributed by atoms with Gasteiger partial charge in [-0.2, -0.15) is 5.10 Å². The van der Waals surface area contributed by atoms with Gasteiger partial charge in [0.15, 0.2) is 0 Å². The number of carbonyl (C=O) groups is 1. The second kappa shape index (κ2) is 7.97. The van der Waals surface area contributed by atoms with Crippen molar-refractivity contribution < 1.29 is 4.79 Å². The Morgan fingerprint density at radius 2 is 1.86 bits per heavy atom. The summed E-state index contributed by atoms with van der Waals surface area (Å²) in [6, 6.07) is 15.0. The molecule has 0 atom stereocenters. The zero-order chi connectivity index (χ0) is 15.9. The predicted octanol–water partition coefficient (Wildman–Crippen LogP) is 4.47. The van der Waals surface area contributed by atoms with Gasteiger partial charge in [0.25, 0.3) is 0 Å². The molecular formula is C17H16Cl2N2O. The van der Waals surface area contributed by atoms with Gasteiger partial charge >= 0.3 is 0 Å². The van der Waals surface area contributed by atoms with Crippen LogP contribution < -0.4 is 5.43 Å². The lowest BCUT2D eigenvalue weighted by atomic mass is 10.1. The number of aryl methyl sites for hydroxylation is 1. The van der Waals surface area contributed by atoms with Crippen molar-refractivity contribution in [1.82, 2.24) is 5.43 Å². The van der Waals surface area contributed by atoms with Gasteiger partial charge in [0.05, 0.1) is 10.7 Å². The highest BCUT2D eigenvalue weighted by Gasteiger charge is 2.06. The monoisotopic (exact) mass is 334 g/mol. The Morgan fingerprint density at radius 3 is 2.55 bits per heavy atom. The number of halogens is 2. The Bertz CT molecular complexity index is 684. The Hall–Kier alpha value is -1.84. The molecule has 0 saturated heterocycles. The van der Waals surface area contributed by atoms with E-state index >= 15 is 0 Å². The summed E-state index contributed by atoms with van der Waals surface area (Å²) >= 11 is 12.0. The molecule has 2 aromatic rings. The molecule has 0 heterocycles. The van der Waals surface area contributed by atoms with Crippen molar-refractivity contribution in [1.29, 1.82) is 0 Å². The maximum Gasteiger partial charge on any atom is 0.240 e. The summed E-state index contributed by atoms with van der Waals surface area (Å²) in [4.78, 5) is 11.8. The first-order chi connectivity index (χ1) is 10.6. The minimum Gasteiger partial charge on any atom is -0.273 e. The molecule has 5 heteroatoms. The summed E-state index contributed by atoms with van der Waals surface area (Å²) in [5.41, 5.74) is 5.05. The Kier molecular flexibility index (Phi) is 5.99. The number of carbonyl (C=O) groups excluding carboxylic acids is 1. The number of nitrogens with one attached hydrogen (secondary N) is 1. The number of hydrazone groups is 1. The summed E-state index contributed by atoms with van der Waals surface area (Å²) in [7, 11) is 0. The van der Waals surface area contributed by atoms with E-state index in [0.717, 1.165) is 11.1 Å². The van der Waals surface area contributed by atoms with E-state index in [1.54, 1.807) is 25.1 Å². The van der Waals surface area contributed by atoms with Crippen LogP contribution >= 0.6 is 23.2 Å². The minimum absolute atomic E-state index is 0.131. The van der Waals surface area contributed by atoms with E-state index in [1.165, 1.54) is 0 Å². The molecule has 0 aliphatic rings. The van der Waals surface area contributed by atoms with Gasteiger partial charge in [-0.25, -0.2) is 5.43 Å².